The smallest absolute Gasteiger partial charge is 0.241 e. The zero-order valence-corrected chi connectivity index (χ0v) is 11.8. The van der Waals surface area contributed by atoms with Gasteiger partial charge in [-0.05, 0) is 29.8 Å². The van der Waals surface area contributed by atoms with Gasteiger partial charge in [0.15, 0.2) is 0 Å². The van der Waals surface area contributed by atoms with Crippen molar-refractivity contribution in [2.24, 2.45) is 0 Å². The summed E-state index contributed by atoms with van der Waals surface area (Å²) in [5.41, 5.74) is 0.140. The molecule has 0 aliphatic rings. The number of hydrogen-bond donors (Lipinski definition) is 1. The van der Waals surface area contributed by atoms with Gasteiger partial charge in [0.2, 0.25) is 17.2 Å². The number of anilines is 2. The molecule has 9 heteroatoms. The van der Waals surface area contributed by atoms with Crippen LogP contribution in [0.2, 0.25) is 10.3 Å². The average molecular weight is 325 g/mol. The molecule has 3 aromatic rings. The van der Waals surface area contributed by atoms with Crippen LogP contribution in [0.25, 0.3) is 5.95 Å². The van der Waals surface area contributed by atoms with Crippen LogP contribution < -0.4 is 5.32 Å². The highest BCUT2D eigenvalue weighted by molar-refractivity contribution is 6.30. The largest absolute Gasteiger partial charge is 0.321 e. The van der Waals surface area contributed by atoms with E-state index in [2.05, 4.69) is 25.3 Å². The van der Waals surface area contributed by atoms with E-state index in [4.69, 9.17) is 23.2 Å². The lowest BCUT2D eigenvalue weighted by molar-refractivity contribution is 0.631. The highest BCUT2D eigenvalue weighted by Gasteiger charge is 2.09. The molecule has 0 fully saturated rings. The summed E-state index contributed by atoms with van der Waals surface area (Å²) in [6.07, 6.45) is 4.73. The van der Waals surface area contributed by atoms with E-state index in [1.54, 1.807) is 17.0 Å². The van der Waals surface area contributed by atoms with Gasteiger partial charge in [0.25, 0.3) is 0 Å². The van der Waals surface area contributed by atoms with Gasteiger partial charge in [0.05, 0.1) is 5.69 Å². The van der Waals surface area contributed by atoms with Gasteiger partial charge in [-0.15, -0.1) is 0 Å². The molecule has 0 radical (unpaired) electrons. The van der Waals surface area contributed by atoms with Crippen molar-refractivity contribution in [3.63, 3.8) is 0 Å². The molecule has 0 bridgehead atoms. The maximum absolute atomic E-state index is 13.7. The first kappa shape index (κ1) is 13.7. The van der Waals surface area contributed by atoms with E-state index in [1.165, 1.54) is 24.5 Å². The van der Waals surface area contributed by atoms with Gasteiger partial charge < -0.3 is 5.32 Å². The van der Waals surface area contributed by atoms with E-state index in [0.717, 1.165) is 0 Å². The first-order valence-corrected chi connectivity index (χ1v) is 6.49. The molecular weight excluding hydrogens is 318 g/mol. The Morgan fingerprint density at radius 2 is 2.00 bits per heavy atom. The van der Waals surface area contributed by atoms with Gasteiger partial charge in [0, 0.05) is 17.4 Å². The standard InChI is InChI=1S/C12H7Cl2FN6/c13-7-1-2-8(15)9(5-7)17-11-18-10(14)19-12(20-11)21-4-3-16-6-21/h1-6H,(H,17,18,19,20). The molecule has 21 heavy (non-hydrogen) atoms. The van der Waals surface area contributed by atoms with Crippen LogP contribution in [-0.2, 0) is 0 Å². The van der Waals surface area contributed by atoms with Gasteiger partial charge in [-0.1, -0.05) is 11.6 Å². The summed E-state index contributed by atoms with van der Waals surface area (Å²) in [5, 5.41) is 3.07. The molecule has 1 aromatic carbocycles. The summed E-state index contributed by atoms with van der Waals surface area (Å²) in [6, 6.07) is 4.11. The molecule has 0 aliphatic carbocycles. The SMILES string of the molecule is Fc1ccc(Cl)cc1Nc1nc(Cl)nc(-n2ccnc2)n1. The molecule has 0 spiro atoms. The monoisotopic (exact) mass is 324 g/mol. The number of benzene rings is 1. The van der Waals surface area contributed by atoms with E-state index in [9.17, 15) is 4.39 Å². The number of nitrogens with one attached hydrogen (secondary N) is 1. The van der Waals surface area contributed by atoms with E-state index < -0.39 is 5.82 Å². The molecule has 0 unspecified atom stereocenters. The minimum atomic E-state index is -0.486. The summed E-state index contributed by atoms with van der Waals surface area (Å²) in [5.74, 6) is -0.127. The van der Waals surface area contributed by atoms with Gasteiger partial charge in [-0.2, -0.15) is 15.0 Å². The van der Waals surface area contributed by atoms with E-state index in [-0.39, 0.29) is 22.9 Å². The van der Waals surface area contributed by atoms with Crippen molar-refractivity contribution in [2.45, 2.75) is 0 Å². The molecule has 106 valence electrons. The molecule has 0 amide bonds. The molecule has 3 rings (SSSR count). The van der Waals surface area contributed by atoms with Crippen LogP contribution in [0.5, 0.6) is 0 Å². The molecule has 0 saturated carbocycles. The number of halogens is 3. The summed E-state index contributed by atoms with van der Waals surface area (Å²) < 4.78 is 15.2. The van der Waals surface area contributed by atoms with Crippen LogP contribution in [0.4, 0.5) is 16.0 Å². The molecule has 0 aliphatic heterocycles. The summed E-state index contributed by atoms with van der Waals surface area (Å²) >= 11 is 11.7. The lowest BCUT2D eigenvalue weighted by Crippen LogP contribution is -2.06. The third-order valence-corrected chi connectivity index (χ3v) is 2.91. The zero-order chi connectivity index (χ0) is 14.8. The zero-order valence-electron chi connectivity index (χ0n) is 10.3. The molecule has 2 aromatic heterocycles. The van der Waals surface area contributed by atoms with Gasteiger partial charge >= 0.3 is 0 Å². The average Bonchev–Trinajstić information content (AvgIpc) is 2.96. The number of imidazole rings is 1. The van der Waals surface area contributed by atoms with Crippen molar-refractivity contribution >= 4 is 34.8 Å². The first-order valence-electron chi connectivity index (χ1n) is 5.74. The number of hydrogen-bond acceptors (Lipinski definition) is 5. The second-order valence-electron chi connectivity index (χ2n) is 3.95. The van der Waals surface area contributed by atoms with Crippen LogP contribution >= 0.6 is 23.2 Å². The van der Waals surface area contributed by atoms with Crippen LogP contribution in [0.3, 0.4) is 0 Å². The summed E-state index contributed by atoms with van der Waals surface area (Å²) in [7, 11) is 0. The summed E-state index contributed by atoms with van der Waals surface area (Å²) in [6.45, 7) is 0. The third-order valence-electron chi connectivity index (χ3n) is 2.51. The number of rotatable bonds is 3. The molecule has 2 heterocycles. The van der Waals surface area contributed by atoms with Crippen molar-refractivity contribution < 1.29 is 4.39 Å². The first-order chi connectivity index (χ1) is 10.1. The van der Waals surface area contributed by atoms with Crippen LogP contribution in [0, 0.1) is 5.82 Å². The Kier molecular flexibility index (Phi) is 3.68. The second kappa shape index (κ2) is 5.63. The van der Waals surface area contributed by atoms with Gasteiger partial charge in [-0.25, -0.2) is 9.37 Å². The lowest BCUT2D eigenvalue weighted by Gasteiger charge is -2.08. The normalized spacial score (nSPS) is 10.6. The molecule has 0 atom stereocenters. The van der Waals surface area contributed by atoms with Crippen molar-refractivity contribution in [3.05, 3.63) is 53.0 Å². The number of aromatic nitrogens is 5. The van der Waals surface area contributed by atoms with E-state index >= 15 is 0 Å². The van der Waals surface area contributed by atoms with Crippen LogP contribution in [-0.4, -0.2) is 24.5 Å². The third kappa shape index (κ3) is 3.09. The van der Waals surface area contributed by atoms with Gasteiger partial charge in [0.1, 0.15) is 12.1 Å². The maximum Gasteiger partial charge on any atom is 0.241 e. The van der Waals surface area contributed by atoms with Crippen LogP contribution in [0.15, 0.2) is 36.9 Å². The van der Waals surface area contributed by atoms with Crippen molar-refractivity contribution in [1.29, 1.82) is 0 Å². The van der Waals surface area contributed by atoms with E-state index in [0.29, 0.717) is 5.02 Å². The Morgan fingerprint density at radius 1 is 1.14 bits per heavy atom. The number of nitrogens with zero attached hydrogens (tertiary/aromatic N) is 5. The Morgan fingerprint density at radius 3 is 2.76 bits per heavy atom. The van der Waals surface area contributed by atoms with Crippen LogP contribution in [0.1, 0.15) is 0 Å². The molecule has 6 nitrogen and oxygen atoms in total. The fraction of sp³-hybridized carbons (Fsp3) is 0. The Balaban J connectivity index is 1.97. The van der Waals surface area contributed by atoms with Gasteiger partial charge in [-0.3, -0.25) is 4.57 Å². The maximum atomic E-state index is 13.7. The fourth-order valence-electron chi connectivity index (χ4n) is 1.60. The van der Waals surface area contributed by atoms with Crippen molar-refractivity contribution in [3.8, 4) is 5.95 Å². The topological polar surface area (TPSA) is 68.5 Å². The molecule has 0 saturated heterocycles. The Labute approximate surface area is 128 Å². The second-order valence-corrected chi connectivity index (χ2v) is 4.72. The Bertz CT molecular complexity index is 777. The van der Waals surface area contributed by atoms with Crippen molar-refractivity contribution in [1.82, 2.24) is 24.5 Å². The van der Waals surface area contributed by atoms with E-state index in [1.807, 2.05) is 0 Å². The Hall–Kier alpha value is -2.25. The molecular formula is C12H7Cl2FN6. The quantitative estimate of drug-likeness (QED) is 0.800. The molecule has 1 N–H and O–H groups in total. The fourth-order valence-corrected chi connectivity index (χ4v) is 1.93. The highest BCUT2D eigenvalue weighted by atomic mass is 35.5. The highest BCUT2D eigenvalue weighted by Crippen LogP contribution is 2.22. The lowest BCUT2D eigenvalue weighted by atomic mass is 10.3. The predicted octanol–water partition coefficient (Wildman–Crippen LogP) is 3.25. The predicted molar refractivity (Wildman–Crippen MR) is 76.7 cm³/mol. The summed E-state index contributed by atoms with van der Waals surface area (Å²) in [4.78, 5) is 15.9. The van der Waals surface area contributed by atoms with Crippen molar-refractivity contribution in [2.75, 3.05) is 5.32 Å². The minimum Gasteiger partial charge on any atom is -0.321 e. The minimum absolute atomic E-state index is 0.0290.